The average molecular weight is 294 g/mol. The molecule has 0 aliphatic rings. The van der Waals surface area contributed by atoms with E-state index in [4.69, 9.17) is 15.9 Å². The lowest BCUT2D eigenvalue weighted by Crippen LogP contribution is -2.06. The van der Waals surface area contributed by atoms with Gasteiger partial charge in [-0.05, 0) is 41.8 Å². The summed E-state index contributed by atoms with van der Waals surface area (Å²) in [5.41, 5.74) is 2.10. The Hall–Kier alpha value is -2.73. The molecule has 0 amide bonds. The van der Waals surface area contributed by atoms with Gasteiger partial charge < -0.3 is 9.47 Å². The summed E-state index contributed by atoms with van der Waals surface area (Å²) < 4.78 is 10.6. The van der Waals surface area contributed by atoms with E-state index < -0.39 is 0 Å². The predicted molar refractivity (Wildman–Crippen MR) is 86.7 cm³/mol. The minimum atomic E-state index is -0.203. The SMILES string of the molecule is C#CCOc1ccc(-c2ccc(OC(=O)CCC)cc2)cc1. The Bertz CT molecular complexity index is 649. The normalized spacial score (nSPS) is 9.82. The largest absolute Gasteiger partial charge is 0.481 e. The van der Waals surface area contributed by atoms with E-state index >= 15 is 0 Å². The molecular formula is C19H18O3. The third-order valence-electron chi connectivity index (χ3n) is 3.05. The number of esters is 1. The minimum Gasteiger partial charge on any atom is -0.481 e. The van der Waals surface area contributed by atoms with Crippen LogP contribution in [0.4, 0.5) is 0 Å². The maximum atomic E-state index is 11.4. The van der Waals surface area contributed by atoms with Crippen LogP contribution >= 0.6 is 0 Å². The summed E-state index contributed by atoms with van der Waals surface area (Å²) in [6, 6.07) is 15.1. The second kappa shape index (κ2) is 7.90. The van der Waals surface area contributed by atoms with Crippen molar-refractivity contribution < 1.29 is 14.3 Å². The molecule has 0 aliphatic carbocycles. The molecular weight excluding hydrogens is 276 g/mol. The van der Waals surface area contributed by atoms with E-state index in [1.807, 2.05) is 43.3 Å². The molecule has 0 saturated heterocycles. The molecule has 0 atom stereocenters. The molecule has 112 valence electrons. The lowest BCUT2D eigenvalue weighted by Gasteiger charge is -2.07. The maximum Gasteiger partial charge on any atom is 0.311 e. The number of carbonyl (C=O) groups is 1. The maximum absolute atomic E-state index is 11.4. The fraction of sp³-hybridized carbons (Fsp3) is 0.211. The Morgan fingerprint density at radius 3 is 2.05 bits per heavy atom. The van der Waals surface area contributed by atoms with E-state index in [1.165, 1.54) is 0 Å². The monoisotopic (exact) mass is 294 g/mol. The molecule has 2 aromatic rings. The van der Waals surface area contributed by atoms with Crippen molar-refractivity contribution in [3.05, 3.63) is 48.5 Å². The van der Waals surface area contributed by atoms with Gasteiger partial charge in [0.25, 0.3) is 0 Å². The lowest BCUT2D eigenvalue weighted by atomic mass is 10.1. The molecule has 22 heavy (non-hydrogen) atoms. The van der Waals surface area contributed by atoms with Crippen LogP contribution in [0, 0.1) is 12.3 Å². The third-order valence-corrected chi connectivity index (χ3v) is 3.05. The zero-order valence-corrected chi connectivity index (χ0v) is 12.5. The van der Waals surface area contributed by atoms with E-state index in [1.54, 1.807) is 12.1 Å². The number of ether oxygens (including phenoxy) is 2. The Kier molecular flexibility index (Phi) is 5.62. The molecule has 2 rings (SSSR count). The number of hydrogen-bond donors (Lipinski definition) is 0. The van der Waals surface area contributed by atoms with Gasteiger partial charge in [-0.3, -0.25) is 4.79 Å². The summed E-state index contributed by atoms with van der Waals surface area (Å²) in [5, 5.41) is 0. The van der Waals surface area contributed by atoms with Gasteiger partial charge in [0.15, 0.2) is 0 Å². The van der Waals surface area contributed by atoms with Crippen LogP contribution < -0.4 is 9.47 Å². The highest BCUT2D eigenvalue weighted by atomic mass is 16.5. The van der Waals surface area contributed by atoms with Gasteiger partial charge in [-0.2, -0.15) is 0 Å². The Morgan fingerprint density at radius 1 is 1.00 bits per heavy atom. The molecule has 0 spiro atoms. The van der Waals surface area contributed by atoms with Crippen LogP contribution in [0.2, 0.25) is 0 Å². The standard InChI is InChI=1S/C19H18O3/c1-3-5-19(20)22-18-12-8-16(9-13-18)15-6-10-17(11-7-15)21-14-4-2/h2,6-13H,3,5,14H2,1H3. The second-order valence-corrected chi connectivity index (χ2v) is 4.77. The van der Waals surface area contributed by atoms with Crippen molar-refractivity contribution in [3.63, 3.8) is 0 Å². The van der Waals surface area contributed by atoms with Gasteiger partial charge >= 0.3 is 5.97 Å². The Morgan fingerprint density at radius 2 is 1.55 bits per heavy atom. The van der Waals surface area contributed by atoms with Gasteiger partial charge in [-0.1, -0.05) is 37.1 Å². The van der Waals surface area contributed by atoms with Gasteiger partial charge in [0.2, 0.25) is 0 Å². The molecule has 0 aromatic heterocycles. The van der Waals surface area contributed by atoms with E-state index in [0.717, 1.165) is 23.3 Å². The van der Waals surface area contributed by atoms with Gasteiger partial charge in [0, 0.05) is 6.42 Å². The molecule has 0 saturated carbocycles. The van der Waals surface area contributed by atoms with E-state index in [-0.39, 0.29) is 12.6 Å². The fourth-order valence-corrected chi connectivity index (χ4v) is 1.97. The van der Waals surface area contributed by atoms with Gasteiger partial charge in [0.05, 0.1) is 0 Å². The van der Waals surface area contributed by atoms with Crippen molar-refractivity contribution in [2.45, 2.75) is 19.8 Å². The van der Waals surface area contributed by atoms with Crippen molar-refractivity contribution in [1.29, 1.82) is 0 Å². The van der Waals surface area contributed by atoms with Crippen LogP contribution in [0.1, 0.15) is 19.8 Å². The summed E-state index contributed by atoms with van der Waals surface area (Å²) >= 11 is 0. The van der Waals surface area contributed by atoms with Crippen LogP contribution in [0.3, 0.4) is 0 Å². The molecule has 3 heteroatoms. The summed E-state index contributed by atoms with van der Waals surface area (Å²) in [6.45, 7) is 2.21. The van der Waals surface area contributed by atoms with Crippen LogP contribution in [0.5, 0.6) is 11.5 Å². The number of rotatable bonds is 6. The highest BCUT2D eigenvalue weighted by Gasteiger charge is 2.04. The molecule has 0 aliphatic heterocycles. The summed E-state index contributed by atoms with van der Waals surface area (Å²) in [5.74, 6) is 3.53. The highest BCUT2D eigenvalue weighted by Crippen LogP contribution is 2.24. The van der Waals surface area contributed by atoms with Crippen LogP contribution in [0.25, 0.3) is 11.1 Å². The van der Waals surface area contributed by atoms with Gasteiger partial charge in [-0.25, -0.2) is 0 Å². The molecule has 0 radical (unpaired) electrons. The van der Waals surface area contributed by atoms with Gasteiger partial charge in [-0.15, -0.1) is 6.42 Å². The lowest BCUT2D eigenvalue weighted by molar-refractivity contribution is -0.134. The molecule has 0 fully saturated rings. The van der Waals surface area contributed by atoms with E-state index in [2.05, 4.69) is 5.92 Å². The zero-order valence-electron chi connectivity index (χ0n) is 12.5. The first-order valence-electron chi connectivity index (χ1n) is 7.20. The topological polar surface area (TPSA) is 35.5 Å². The minimum absolute atomic E-state index is 0.203. The average Bonchev–Trinajstić information content (AvgIpc) is 2.54. The first-order chi connectivity index (χ1) is 10.7. The predicted octanol–water partition coefficient (Wildman–Crippen LogP) is 4.07. The number of terminal acetylenes is 1. The van der Waals surface area contributed by atoms with Crippen molar-refractivity contribution in [1.82, 2.24) is 0 Å². The van der Waals surface area contributed by atoms with Crippen molar-refractivity contribution in [2.24, 2.45) is 0 Å². The smallest absolute Gasteiger partial charge is 0.311 e. The Balaban J connectivity index is 2.04. The number of hydrogen-bond acceptors (Lipinski definition) is 3. The Labute approximate surface area is 130 Å². The van der Waals surface area contributed by atoms with Crippen LogP contribution in [0.15, 0.2) is 48.5 Å². The van der Waals surface area contributed by atoms with Crippen LogP contribution in [-0.4, -0.2) is 12.6 Å². The summed E-state index contributed by atoms with van der Waals surface area (Å²) in [6.07, 6.45) is 6.37. The van der Waals surface area contributed by atoms with E-state index in [0.29, 0.717) is 12.2 Å². The first-order valence-corrected chi connectivity index (χ1v) is 7.20. The molecule has 0 N–H and O–H groups in total. The van der Waals surface area contributed by atoms with Gasteiger partial charge in [0.1, 0.15) is 18.1 Å². The quantitative estimate of drug-likeness (QED) is 0.457. The molecule has 2 aromatic carbocycles. The molecule has 3 nitrogen and oxygen atoms in total. The second-order valence-electron chi connectivity index (χ2n) is 4.77. The molecule has 0 unspecified atom stereocenters. The molecule has 0 heterocycles. The van der Waals surface area contributed by atoms with Crippen molar-refractivity contribution in [3.8, 4) is 35.0 Å². The van der Waals surface area contributed by atoms with Crippen molar-refractivity contribution >= 4 is 5.97 Å². The third kappa shape index (κ3) is 4.39. The number of benzene rings is 2. The molecule has 0 bridgehead atoms. The summed E-state index contributed by atoms with van der Waals surface area (Å²) in [4.78, 5) is 11.4. The first kappa shape index (κ1) is 15.7. The highest BCUT2D eigenvalue weighted by molar-refractivity contribution is 5.73. The zero-order chi connectivity index (χ0) is 15.8. The summed E-state index contributed by atoms with van der Waals surface area (Å²) in [7, 11) is 0. The number of carbonyl (C=O) groups excluding carboxylic acids is 1. The van der Waals surface area contributed by atoms with Crippen molar-refractivity contribution in [2.75, 3.05) is 6.61 Å². The van der Waals surface area contributed by atoms with E-state index in [9.17, 15) is 4.79 Å². The fourth-order valence-electron chi connectivity index (χ4n) is 1.97. The van der Waals surface area contributed by atoms with Crippen LogP contribution in [-0.2, 0) is 4.79 Å².